The number of carbonyl (C=O) groups is 3. The lowest BCUT2D eigenvalue weighted by Gasteiger charge is -2.29. The average molecular weight is 454 g/mol. The Morgan fingerprint density at radius 2 is 2.09 bits per heavy atom. The van der Waals surface area contributed by atoms with Gasteiger partial charge in [0, 0.05) is 42.4 Å². The van der Waals surface area contributed by atoms with E-state index in [0.717, 1.165) is 47.6 Å². The van der Waals surface area contributed by atoms with Gasteiger partial charge in [0.25, 0.3) is 5.91 Å². The van der Waals surface area contributed by atoms with E-state index in [-0.39, 0.29) is 30.2 Å². The highest BCUT2D eigenvalue weighted by atomic mass is 32.1. The Balaban J connectivity index is 1.23. The number of imide groups is 1. The Morgan fingerprint density at radius 1 is 1.22 bits per heavy atom. The number of fused-ring (bicyclic) bond motifs is 1. The van der Waals surface area contributed by atoms with Gasteiger partial charge in [-0.1, -0.05) is 18.6 Å². The lowest BCUT2D eigenvalue weighted by Crippen LogP contribution is -2.52. The van der Waals surface area contributed by atoms with Crippen LogP contribution in [0, 0.1) is 0 Å². The molecule has 2 aromatic rings. The van der Waals surface area contributed by atoms with Gasteiger partial charge in [-0.15, -0.1) is 11.3 Å². The molecule has 3 heterocycles. The number of hydrogen-bond donors (Lipinski definition) is 3. The minimum Gasteiger partial charge on any atom is -0.357 e. The zero-order chi connectivity index (χ0) is 22.2. The molecule has 3 aliphatic rings. The molecule has 1 aliphatic carbocycles. The van der Waals surface area contributed by atoms with Crippen molar-refractivity contribution in [2.45, 2.75) is 69.6 Å². The van der Waals surface area contributed by atoms with E-state index in [4.69, 9.17) is 10.7 Å². The molecule has 5 rings (SSSR count). The maximum atomic E-state index is 13.0. The number of aromatic nitrogens is 1. The Morgan fingerprint density at radius 3 is 2.91 bits per heavy atom. The molecule has 0 spiro atoms. The molecule has 2 aliphatic heterocycles. The fourth-order valence-corrected chi connectivity index (χ4v) is 5.73. The van der Waals surface area contributed by atoms with E-state index >= 15 is 0 Å². The van der Waals surface area contributed by atoms with Gasteiger partial charge in [0.05, 0.1) is 5.69 Å². The van der Waals surface area contributed by atoms with Gasteiger partial charge in [0.2, 0.25) is 11.8 Å². The molecular formula is C23H27N5O3S. The van der Waals surface area contributed by atoms with Crippen LogP contribution in [0.3, 0.4) is 0 Å². The molecule has 1 saturated carbocycles. The van der Waals surface area contributed by atoms with E-state index < -0.39 is 6.04 Å². The molecule has 0 bridgehead atoms. The second kappa shape index (κ2) is 8.63. The number of amides is 3. The smallest absolute Gasteiger partial charge is 0.255 e. The SMILES string of the molecule is N[C@@H]1CCC[C@H](c2csc(NCc3ccc4c(c3)C(=O)N(C3CCC(=O)NC3=O)C4)n2)C1. The fraction of sp³-hybridized carbons (Fsp3) is 0.478. The van der Waals surface area contributed by atoms with Crippen LogP contribution in [0.25, 0.3) is 0 Å². The summed E-state index contributed by atoms with van der Waals surface area (Å²) in [7, 11) is 0. The van der Waals surface area contributed by atoms with Gasteiger partial charge < -0.3 is 16.0 Å². The number of nitrogens with one attached hydrogen (secondary N) is 2. The highest BCUT2D eigenvalue weighted by Gasteiger charge is 2.39. The quantitative estimate of drug-likeness (QED) is 0.599. The van der Waals surface area contributed by atoms with Gasteiger partial charge in [-0.2, -0.15) is 0 Å². The van der Waals surface area contributed by atoms with Crippen molar-refractivity contribution in [1.29, 1.82) is 0 Å². The summed E-state index contributed by atoms with van der Waals surface area (Å²) in [5.41, 5.74) is 9.77. The Bertz CT molecular complexity index is 1070. The van der Waals surface area contributed by atoms with Crippen molar-refractivity contribution in [2.24, 2.45) is 5.73 Å². The van der Waals surface area contributed by atoms with Crippen LogP contribution in [0.2, 0.25) is 0 Å². The van der Waals surface area contributed by atoms with Crippen LogP contribution >= 0.6 is 11.3 Å². The maximum absolute atomic E-state index is 13.0. The first-order chi connectivity index (χ1) is 15.5. The molecule has 4 N–H and O–H groups in total. The fourth-order valence-electron chi connectivity index (χ4n) is 4.94. The summed E-state index contributed by atoms with van der Waals surface area (Å²) in [6.45, 7) is 0.962. The molecule has 2 fully saturated rings. The number of anilines is 1. The number of thiazole rings is 1. The Kier molecular flexibility index (Phi) is 5.69. The molecule has 3 atom stereocenters. The summed E-state index contributed by atoms with van der Waals surface area (Å²) in [6, 6.07) is 5.53. The molecule has 9 heteroatoms. The van der Waals surface area contributed by atoms with Crippen LogP contribution in [-0.4, -0.2) is 39.7 Å². The number of rotatable bonds is 5. The third kappa shape index (κ3) is 4.14. The van der Waals surface area contributed by atoms with Crippen molar-refractivity contribution in [3.8, 4) is 0 Å². The van der Waals surface area contributed by atoms with E-state index in [0.29, 0.717) is 31.0 Å². The monoisotopic (exact) mass is 453 g/mol. The van der Waals surface area contributed by atoms with Crippen molar-refractivity contribution in [1.82, 2.24) is 15.2 Å². The zero-order valence-electron chi connectivity index (χ0n) is 17.8. The summed E-state index contributed by atoms with van der Waals surface area (Å²) >= 11 is 1.60. The summed E-state index contributed by atoms with van der Waals surface area (Å²) in [5, 5.41) is 8.70. The molecule has 8 nitrogen and oxygen atoms in total. The predicted molar refractivity (Wildman–Crippen MR) is 121 cm³/mol. The van der Waals surface area contributed by atoms with Crippen molar-refractivity contribution in [2.75, 3.05) is 5.32 Å². The van der Waals surface area contributed by atoms with Crippen molar-refractivity contribution in [3.05, 3.63) is 46.0 Å². The van der Waals surface area contributed by atoms with Gasteiger partial charge in [-0.05, 0) is 42.9 Å². The number of hydrogen-bond acceptors (Lipinski definition) is 7. The van der Waals surface area contributed by atoms with E-state index in [2.05, 4.69) is 16.0 Å². The topological polar surface area (TPSA) is 117 Å². The number of nitrogens with two attached hydrogens (primary N) is 1. The molecule has 1 unspecified atom stereocenters. The van der Waals surface area contributed by atoms with Crippen LogP contribution in [0.15, 0.2) is 23.6 Å². The third-order valence-corrected chi connectivity index (χ3v) is 7.51. The van der Waals surface area contributed by atoms with Crippen LogP contribution in [0.4, 0.5) is 5.13 Å². The summed E-state index contributed by atoms with van der Waals surface area (Å²) in [6.07, 6.45) is 5.04. The Labute approximate surface area is 190 Å². The zero-order valence-corrected chi connectivity index (χ0v) is 18.6. The molecule has 0 radical (unpaired) electrons. The predicted octanol–water partition coefficient (Wildman–Crippen LogP) is 2.50. The summed E-state index contributed by atoms with van der Waals surface area (Å²) < 4.78 is 0. The van der Waals surface area contributed by atoms with E-state index in [9.17, 15) is 14.4 Å². The van der Waals surface area contributed by atoms with Crippen molar-refractivity contribution < 1.29 is 14.4 Å². The van der Waals surface area contributed by atoms with Gasteiger partial charge >= 0.3 is 0 Å². The van der Waals surface area contributed by atoms with Gasteiger partial charge in [0.15, 0.2) is 5.13 Å². The van der Waals surface area contributed by atoms with Crippen molar-refractivity contribution in [3.63, 3.8) is 0 Å². The molecular weight excluding hydrogens is 426 g/mol. The number of benzene rings is 1. The van der Waals surface area contributed by atoms with Gasteiger partial charge in [-0.3, -0.25) is 19.7 Å². The van der Waals surface area contributed by atoms with E-state index in [1.165, 1.54) is 0 Å². The molecule has 1 aromatic carbocycles. The highest BCUT2D eigenvalue weighted by Crippen LogP contribution is 2.34. The number of piperidine rings is 1. The first-order valence-electron chi connectivity index (χ1n) is 11.2. The summed E-state index contributed by atoms with van der Waals surface area (Å²) in [5.74, 6) is -0.369. The minimum atomic E-state index is -0.587. The molecule has 168 valence electrons. The second-order valence-corrected chi connectivity index (χ2v) is 9.80. The highest BCUT2D eigenvalue weighted by molar-refractivity contribution is 7.13. The molecule has 1 saturated heterocycles. The second-order valence-electron chi connectivity index (χ2n) is 8.95. The first kappa shape index (κ1) is 21.1. The molecule has 32 heavy (non-hydrogen) atoms. The van der Waals surface area contributed by atoms with Crippen LogP contribution in [0.1, 0.15) is 71.6 Å². The third-order valence-electron chi connectivity index (χ3n) is 6.69. The maximum Gasteiger partial charge on any atom is 0.255 e. The molecule has 1 aromatic heterocycles. The average Bonchev–Trinajstić information content (AvgIpc) is 3.37. The summed E-state index contributed by atoms with van der Waals surface area (Å²) in [4.78, 5) is 42.9. The van der Waals surface area contributed by atoms with Crippen LogP contribution < -0.4 is 16.4 Å². The number of nitrogens with zero attached hydrogens (tertiary/aromatic N) is 2. The number of carbonyl (C=O) groups excluding carboxylic acids is 3. The Hall–Kier alpha value is -2.78. The van der Waals surface area contributed by atoms with E-state index in [1.54, 1.807) is 16.2 Å². The molecule has 3 amide bonds. The minimum absolute atomic E-state index is 0.151. The van der Waals surface area contributed by atoms with E-state index in [1.807, 2.05) is 18.2 Å². The van der Waals surface area contributed by atoms with Crippen molar-refractivity contribution >= 4 is 34.2 Å². The lowest BCUT2D eigenvalue weighted by atomic mass is 9.84. The first-order valence-corrected chi connectivity index (χ1v) is 12.1. The normalized spacial score (nSPS) is 25.6. The van der Waals surface area contributed by atoms with Crippen LogP contribution in [0.5, 0.6) is 0 Å². The van der Waals surface area contributed by atoms with Crippen LogP contribution in [-0.2, 0) is 22.7 Å². The largest absolute Gasteiger partial charge is 0.357 e. The van der Waals surface area contributed by atoms with Gasteiger partial charge in [0.1, 0.15) is 6.04 Å². The standard InChI is InChI=1S/C23H27N5O3S/c24-16-3-1-2-14(9-16)18-12-32-23(26-18)25-10-13-4-5-15-11-28(22(31)17(15)8-13)19-6-7-20(29)27-21(19)30/h4-5,8,12,14,16,19H,1-3,6-7,9-11,24H2,(H,25,26)(H,27,29,30)/t14-,16+,19?/m0/s1. The van der Waals surface area contributed by atoms with Gasteiger partial charge in [-0.25, -0.2) is 4.98 Å². The lowest BCUT2D eigenvalue weighted by molar-refractivity contribution is -0.136.